The van der Waals surface area contributed by atoms with Crippen molar-refractivity contribution in [3.05, 3.63) is 56.9 Å². The second-order valence-corrected chi connectivity index (χ2v) is 10.5. The van der Waals surface area contributed by atoms with Gasteiger partial charge in [-0.25, -0.2) is 18.0 Å². The Kier molecular flexibility index (Phi) is 9.12. The number of anilines is 2. The van der Waals surface area contributed by atoms with E-state index in [0.29, 0.717) is 16.4 Å². The van der Waals surface area contributed by atoms with Crippen LogP contribution in [-0.4, -0.2) is 72.2 Å². The molecule has 216 valence electrons. The first-order valence-corrected chi connectivity index (χ1v) is 13.2. The Morgan fingerprint density at radius 1 is 0.975 bits per heavy atom. The molecule has 2 saturated heterocycles. The van der Waals surface area contributed by atoms with Crippen LogP contribution in [0.15, 0.2) is 30.3 Å². The van der Waals surface area contributed by atoms with Gasteiger partial charge >= 0.3 is 12.1 Å². The van der Waals surface area contributed by atoms with Crippen LogP contribution in [0.3, 0.4) is 0 Å². The number of nitrogens with one attached hydrogen (secondary N) is 2. The third kappa shape index (κ3) is 6.79. The molecule has 0 spiro atoms. The number of rotatable bonds is 7. The molecule has 0 saturated carbocycles. The summed E-state index contributed by atoms with van der Waals surface area (Å²) in [6.07, 6.45) is -5.06. The monoisotopic (exact) mass is 684 g/mol. The number of esters is 1. The number of piperidine rings is 1. The lowest BCUT2D eigenvalue weighted by Crippen LogP contribution is -2.64. The maximum atomic E-state index is 14.7. The normalized spacial score (nSPS) is 17.1. The molecule has 2 N–H and O–H groups in total. The smallest absolute Gasteiger partial charge is 0.430 e. The molecule has 1 unspecified atom stereocenters. The van der Waals surface area contributed by atoms with Gasteiger partial charge < -0.3 is 20.3 Å². The van der Waals surface area contributed by atoms with E-state index in [1.54, 1.807) is 0 Å². The lowest BCUT2D eigenvalue weighted by molar-refractivity contribution is -0.213. The number of carbonyl (C=O) groups is 3. The SMILES string of the molecule is O=C(NC1CN(C(=O)c2ccc(F)c(F)c2Nc2ccc(I)cc2F)C1)C(OC(=O)C(F)(F)F)N1CCCCC1. The fourth-order valence-corrected chi connectivity index (χ4v) is 4.82. The summed E-state index contributed by atoms with van der Waals surface area (Å²) >= 11 is 1.87. The van der Waals surface area contributed by atoms with Crippen molar-refractivity contribution in [3.8, 4) is 0 Å². The summed E-state index contributed by atoms with van der Waals surface area (Å²) in [7, 11) is 0. The van der Waals surface area contributed by atoms with Crippen LogP contribution in [0.2, 0.25) is 0 Å². The summed E-state index contributed by atoms with van der Waals surface area (Å²) in [5.74, 6) is -7.64. The number of hydrogen-bond donors (Lipinski definition) is 2. The predicted molar refractivity (Wildman–Crippen MR) is 138 cm³/mol. The fourth-order valence-electron chi connectivity index (χ4n) is 4.37. The average molecular weight is 684 g/mol. The van der Waals surface area contributed by atoms with Crippen LogP contribution in [0.1, 0.15) is 29.6 Å². The van der Waals surface area contributed by atoms with E-state index in [-0.39, 0.29) is 37.4 Å². The van der Waals surface area contributed by atoms with Gasteiger partial charge in [-0.3, -0.25) is 14.5 Å². The van der Waals surface area contributed by atoms with Crippen molar-refractivity contribution in [2.45, 2.75) is 37.7 Å². The summed E-state index contributed by atoms with van der Waals surface area (Å²) in [6, 6.07) is 5.06. The van der Waals surface area contributed by atoms with Crippen molar-refractivity contribution in [1.29, 1.82) is 0 Å². The van der Waals surface area contributed by atoms with Gasteiger partial charge in [0.25, 0.3) is 11.8 Å². The van der Waals surface area contributed by atoms with Crippen molar-refractivity contribution in [2.24, 2.45) is 0 Å². The molecule has 4 rings (SSSR count). The van der Waals surface area contributed by atoms with Crippen LogP contribution in [0.5, 0.6) is 0 Å². The number of amides is 2. The van der Waals surface area contributed by atoms with Crippen LogP contribution < -0.4 is 10.6 Å². The molecule has 2 aromatic carbocycles. The van der Waals surface area contributed by atoms with E-state index >= 15 is 0 Å². The van der Waals surface area contributed by atoms with Crippen molar-refractivity contribution in [3.63, 3.8) is 0 Å². The van der Waals surface area contributed by atoms with Gasteiger partial charge in [-0.1, -0.05) is 6.42 Å². The molecular weight excluding hydrogens is 661 g/mol. The summed E-state index contributed by atoms with van der Waals surface area (Å²) in [5, 5.41) is 4.91. The molecule has 0 aliphatic carbocycles. The summed E-state index contributed by atoms with van der Waals surface area (Å²) < 4.78 is 86.5. The molecule has 15 heteroatoms. The second kappa shape index (κ2) is 12.2. The third-order valence-corrected chi connectivity index (χ3v) is 7.10. The zero-order valence-electron chi connectivity index (χ0n) is 20.7. The Balaban J connectivity index is 1.44. The van der Waals surface area contributed by atoms with Crippen LogP contribution in [-0.2, 0) is 14.3 Å². The summed E-state index contributed by atoms with van der Waals surface area (Å²) in [4.78, 5) is 39.9. The standard InChI is InChI=1S/C25H23F6IN4O4/c26-16-6-5-15(20(19(16)28)34-18-7-4-13(32)10-17(18)27)22(38)36-11-14(12-36)33-21(37)23(35-8-2-1-3-9-35)40-24(39)25(29,30)31/h4-7,10,14,23,34H,1-3,8-9,11-12H2,(H,33,37). The molecule has 0 aromatic heterocycles. The first-order valence-electron chi connectivity index (χ1n) is 12.2. The van der Waals surface area contributed by atoms with E-state index < -0.39 is 59.4 Å². The lowest BCUT2D eigenvalue weighted by Gasteiger charge is -2.41. The Hall–Kier alpha value is -3.08. The van der Waals surface area contributed by atoms with E-state index in [1.807, 2.05) is 22.6 Å². The van der Waals surface area contributed by atoms with Gasteiger partial charge in [-0.2, -0.15) is 13.2 Å². The van der Waals surface area contributed by atoms with Crippen molar-refractivity contribution >= 4 is 51.7 Å². The van der Waals surface area contributed by atoms with Gasteiger partial charge in [-0.15, -0.1) is 0 Å². The molecule has 2 fully saturated rings. The highest BCUT2D eigenvalue weighted by molar-refractivity contribution is 14.1. The fraction of sp³-hybridized carbons (Fsp3) is 0.400. The first kappa shape index (κ1) is 29.9. The molecule has 8 nitrogen and oxygen atoms in total. The molecule has 0 radical (unpaired) electrons. The highest BCUT2D eigenvalue weighted by atomic mass is 127. The second-order valence-electron chi connectivity index (χ2n) is 9.30. The number of likely N-dealkylation sites (tertiary alicyclic amines) is 2. The largest absolute Gasteiger partial charge is 0.490 e. The maximum absolute atomic E-state index is 14.7. The van der Waals surface area contributed by atoms with E-state index in [0.717, 1.165) is 24.6 Å². The average Bonchev–Trinajstić information content (AvgIpc) is 2.88. The molecule has 2 amide bonds. The topological polar surface area (TPSA) is 91.0 Å². The lowest BCUT2D eigenvalue weighted by atomic mass is 10.0. The number of hydrogen-bond acceptors (Lipinski definition) is 6. The predicted octanol–water partition coefficient (Wildman–Crippen LogP) is 4.31. The van der Waals surface area contributed by atoms with Crippen molar-refractivity contribution in [1.82, 2.24) is 15.1 Å². The van der Waals surface area contributed by atoms with Crippen molar-refractivity contribution in [2.75, 3.05) is 31.5 Å². The third-order valence-electron chi connectivity index (χ3n) is 6.43. The van der Waals surface area contributed by atoms with E-state index in [4.69, 9.17) is 0 Å². The van der Waals surface area contributed by atoms with Gasteiger partial charge in [0.15, 0.2) is 11.6 Å². The molecule has 40 heavy (non-hydrogen) atoms. The van der Waals surface area contributed by atoms with Crippen LogP contribution in [0, 0.1) is 21.0 Å². The Bertz CT molecular complexity index is 1300. The molecule has 1 atom stereocenters. The van der Waals surface area contributed by atoms with Gasteiger partial charge in [0.2, 0.25) is 6.23 Å². The first-order chi connectivity index (χ1) is 18.8. The Morgan fingerprint density at radius 3 is 2.27 bits per heavy atom. The minimum atomic E-state index is -5.29. The molecule has 2 heterocycles. The summed E-state index contributed by atoms with van der Waals surface area (Å²) in [5.41, 5.74) is -1.07. The van der Waals surface area contributed by atoms with Crippen LogP contribution in [0.4, 0.5) is 37.7 Å². The quantitative estimate of drug-likeness (QED) is 0.257. The van der Waals surface area contributed by atoms with E-state index in [9.17, 15) is 40.7 Å². The molecule has 0 bridgehead atoms. The van der Waals surface area contributed by atoms with Gasteiger partial charge in [0.1, 0.15) is 5.82 Å². The number of benzene rings is 2. The minimum Gasteiger partial charge on any atom is -0.430 e. The van der Waals surface area contributed by atoms with Gasteiger partial charge in [-0.05, 0) is 65.8 Å². The summed E-state index contributed by atoms with van der Waals surface area (Å²) in [6.45, 7) is 0.290. The number of carbonyl (C=O) groups excluding carboxylic acids is 3. The number of alkyl halides is 3. The number of halogens is 7. The van der Waals surface area contributed by atoms with Gasteiger partial charge in [0, 0.05) is 29.7 Å². The Labute approximate surface area is 238 Å². The number of nitrogens with zero attached hydrogens (tertiary/aromatic N) is 2. The van der Waals surface area contributed by atoms with E-state index in [1.165, 1.54) is 21.9 Å². The Morgan fingerprint density at radius 2 is 1.65 bits per heavy atom. The molecule has 2 aliphatic rings. The van der Waals surface area contributed by atoms with E-state index in [2.05, 4.69) is 15.4 Å². The minimum absolute atomic E-state index is 0.110. The highest BCUT2D eigenvalue weighted by Gasteiger charge is 2.45. The zero-order chi connectivity index (χ0) is 29.2. The molecule has 2 aliphatic heterocycles. The van der Waals surface area contributed by atoms with Crippen LogP contribution in [0.25, 0.3) is 0 Å². The maximum Gasteiger partial charge on any atom is 0.490 e. The molecule has 2 aromatic rings. The number of ether oxygens (including phenoxy) is 1. The van der Waals surface area contributed by atoms with Gasteiger partial charge in [0.05, 0.1) is 23.0 Å². The molecular formula is C25H23F6IN4O4. The zero-order valence-corrected chi connectivity index (χ0v) is 22.8. The van der Waals surface area contributed by atoms with Crippen LogP contribution >= 0.6 is 22.6 Å². The van der Waals surface area contributed by atoms with Crippen molar-refractivity contribution < 1.29 is 45.5 Å². The highest BCUT2D eigenvalue weighted by Crippen LogP contribution is 2.30.